The summed E-state index contributed by atoms with van der Waals surface area (Å²) in [5.41, 5.74) is 3.13. The first kappa shape index (κ1) is 27.9. The summed E-state index contributed by atoms with van der Waals surface area (Å²) in [4.78, 5) is 27.8. The lowest BCUT2D eigenvalue weighted by Crippen LogP contribution is -2.51. The number of hydrogen-bond donors (Lipinski definition) is 1. The van der Waals surface area contributed by atoms with Crippen LogP contribution in [0.2, 0.25) is 0 Å². The highest BCUT2D eigenvalue weighted by Crippen LogP contribution is 2.25. The standard InChI is InChI=1S/C25H34BrN3O4S/c1-6-7-14-27-25(31)20(4)28(16-21-11-9-8-10-18(21)2)24(30)17-29(34(5,32)33)22-12-13-23(26)19(3)15-22/h8-13,15,20H,6-7,14,16-17H2,1-5H3,(H,27,31)/t20-/m0/s1. The number of nitrogens with one attached hydrogen (secondary N) is 1. The molecule has 0 unspecified atom stereocenters. The minimum atomic E-state index is -3.75. The maximum absolute atomic E-state index is 13.5. The molecule has 0 aliphatic rings. The van der Waals surface area contributed by atoms with Crippen molar-refractivity contribution < 1.29 is 18.0 Å². The van der Waals surface area contributed by atoms with Crippen LogP contribution >= 0.6 is 15.9 Å². The summed E-state index contributed by atoms with van der Waals surface area (Å²) in [6.07, 6.45) is 2.86. The molecule has 2 aromatic rings. The van der Waals surface area contributed by atoms with E-state index in [0.29, 0.717) is 12.2 Å². The SMILES string of the molecule is CCCCNC(=O)[C@H](C)N(Cc1ccccc1C)C(=O)CN(c1ccc(Br)c(C)c1)S(C)(=O)=O. The first-order chi connectivity index (χ1) is 16.0. The summed E-state index contributed by atoms with van der Waals surface area (Å²) in [6.45, 7) is 7.82. The van der Waals surface area contributed by atoms with Gasteiger partial charge in [-0.2, -0.15) is 0 Å². The predicted molar refractivity (Wildman–Crippen MR) is 140 cm³/mol. The Bertz CT molecular complexity index is 1120. The van der Waals surface area contributed by atoms with Crippen LogP contribution in [0.1, 0.15) is 43.4 Å². The number of carbonyl (C=O) groups excluding carboxylic acids is 2. The Kier molecular flexibility index (Phi) is 10.1. The van der Waals surface area contributed by atoms with E-state index in [4.69, 9.17) is 0 Å². The molecule has 2 rings (SSSR count). The third kappa shape index (κ3) is 7.56. The monoisotopic (exact) mass is 551 g/mol. The van der Waals surface area contributed by atoms with E-state index in [-0.39, 0.29) is 12.5 Å². The lowest BCUT2D eigenvalue weighted by molar-refractivity contribution is -0.139. The Morgan fingerprint density at radius 2 is 1.76 bits per heavy atom. The van der Waals surface area contributed by atoms with Crippen LogP contribution in [0.15, 0.2) is 46.9 Å². The van der Waals surface area contributed by atoms with Crippen molar-refractivity contribution in [3.63, 3.8) is 0 Å². The van der Waals surface area contributed by atoms with Crippen molar-refractivity contribution in [3.8, 4) is 0 Å². The number of aryl methyl sites for hydroxylation is 2. The minimum absolute atomic E-state index is 0.199. The number of sulfonamides is 1. The maximum atomic E-state index is 13.5. The summed E-state index contributed by atoms with van der Waals surface area (Å²) >= 11 is 3.42. The third-order valence-electron chi connectivity index (χ3n) is 5.71. The van der Waals surface area contributed by atoms with Gasteiger partial charge in [0.25, 0.3) is 0 Å². The molecule has 186 valence electrons. The van der Waals surface area contributed by atoms with Crippen LogP contribution in [0, 0.1) is 13.8 Å². The Hall–Kier alpha value is -2.39. The highest BCUT2D eigenvalue weighted by Gasteiger charge is 2.30. The largest absolute Gasteiger partial charge is 0.354 e. The molecule has 0 heterocycles. The van der Waals surface area contributed by atoms with Crippen LogP contribution in [0.25, 0.3) is 0 Å². The molecule has 2 amide bonds. The Morgan fingerprint density at radius 1 is 1.09 bits per heavy atom. The Balaban J connectivity index is 2.38. The van der Waals surface area contributed by atoms with E-state index in [0.717, 1.165) is 44.6 Å². The van der Waals surface area contributed by atoms with Gasteiger partial charge in [-0.15, -0.1) is 0 Å². The molecule has 0 aliphatic carbocycles. The summed E-state index contributed by atoms with van der Waals surface area (Å²) in [7, 11) is -3.75. The number of nitrogens with zero attached hydrogens (tertiary/aromatic N) is 2. The fourth-order valence-electron chi connectivity index (χ4n) is 3.49. The quantitative estimate of drug-likeness (QED) is 0.424. The van der Waals surface area contributed by atoms with Gasteiger partial charge >= 0.3 is 0 Å². The molecule has 9 heteroatoms. The lowest BCUT2D eigenvalue weighted by atomic mass is 10.1. The van der Waals surface area contributed by atoms with Crippen molar-refractivity contribution in [2.45, 2.75) is 53.1 Å². The van der Waals surface area contributed by atoms with E-state index in [1.165, 1.54) is 4.90 Å². The normalized spacial score (nSPS) is 12.2. The number of anilines is 1. The Morgan fingerprint density at radius 3 is 2.35 bits per heavy atom. The molecule has 0 aromatic heterocycles. The van der Waals surface area contributed by atoms with Crippen LogP contribution in [0.5, 0.6) is 0 Å². The van der Waals surface area contributed by atoms with Crippen LogP contribution in [0.4, 0.5) is 5.69 Å². The molecular weight excluding hydrogens is 518 g/mol. The van der Waals surface area contributed by atoms with Crippen molar-refractivity contribution in [1.82, 2.24) is 10.2 Å². The average Bonchev–Trinajstić information content (AvgIpc) is 2.77. The number of unbranched alkanes of at least 4 members (excludes halogenated alkanes) is 1. The molecular formula is C25H34BrN3O4S. The number of rotatable bonds is 11. The average molecular weight is 553 g/mol. The van der Waals surface area contributed by atoms with Gasteiger partial charge < -0.3 is 10.2 Å². The van der Waals surface area contributed by atoms with Gasteiger partial charge in [0.15, 0.2) is 0 Å². The van der Waals surface area contributed by atoms with Crippen molar-refractivity contribution in [2.24, 2.45) is 0 Å². The highest BCUT2D eigenvalue weighted by atomic mass is 79.9. The molecule has 2 aromatic carbocycles. The van der Waals surface area contributed by atoms with E-state index < -0.39 is 28.5 Å². The predicted octanol–water partition coefficient (Wildman–Crippen LogP) is 4.17. The molecule has 0 bridgehead atoms. The maximum Gasteiger partial charge on any atom is 0.244 e. The van der Waals surface area contributed by atoms with Crippen molar-refractivity contribution in [3.05, 3.63) is 63.6 Å². The van der Waals surface area contributed by atoms with E-state index in [1.807, 2.05) is 45.0 Å². The van der Waals surface area contributed by atoms with Crippen molar-refractivity contribution in [1.29, 1.82) is 0 Å². The fourth-order valence-corrected chi connectivity index (χ4v) is 4.58. The van der Waals surface area contributed by atoms with Crippen LogP contribution in [0.3, 0.4) is 0 Å². The van der Waals surface area contributed by atoms with Crippen molar-refractivity contribution in [2.75, 3.05) is 23.7 Å². The summed E-state index contributed by atoms with van der Waals surface area (Å²) in [5, 5.41) is 2.88. The van der Waals surface area contributed by atoms with E-state index >= 15 is 0 Å². The van der Waals surface area contributed by atoms with E-state index in [9.17, 15) is 18.0 Å². The van der Waals surface area contributed by atoms with E-state index in [2.05, 4.69) is 21.2 Å². The highest BCUT2D eigenvalue weighted by molar-refractivity contribution is 9.10. The minimum Gasteiger partial charge on any atom is -0.354 e. The lowest BCUT2D eigenvalue weighted by Gasteiger charge is -2.32. The van der Waals surface area contributed by atoms with E-state index in [1.54, 1.807) is 25.1 Å². The smallest absolute Gasteiger partial charge is 0.244 e. The third-order valence-corrected chi connectivity index (χ3v) is 7.74. The fraction of sp³-hybridized carbons (Fsp3) is 0.440. The molecule has 0 saturated heterocycles. The van der Waals surface area contributed by atoms with Gasteiger partial charge in [-0.3, -0.25) is 13.9 Å². The van der Waals surface area contributed by atoms with Gasteiger partial charge in [-0.25, -0.2) is 8.42 Å². The second kappa shape index (κ2) is 12.4. The molecule has 0 fully saturated rings. The number of carbonyl (C=O) groups is 2. The van der Waals surface area contributed by atoms with Gasteiger partial charge in [0.05, 0.1) is 11.9 Å². The molecule has 7 nitrogen and oxygen atoms in total. The zero-order valence-electron chi connectivity index (χ0n) is 20.5. The zero-order valence-corrected chi connectivity index (χ0v) is 22.9. The van der Waals surface area contributed by atoms with Crippen molar-refractivity contribution >= 4 is 43.5 Å². The van der Waals surface area contributed by atoms with Crippen LogP contribution in [-0.2, 0) is 26.2 Å². The molecule has 0 saturated carbocycles. The number of amides is 2. The van der Waals surface area contributed by atoms with Gasteiger partial charge in [0.2, 0.25) is 21.8 Å². The van der Waals surface area contributed by atoms with Crippen LogP contribution in [-0.4, -0.2) is 50.5 Å². The summed E-state index contributed by atoms with van der Waals surface area (Å²) in [5.74, 6) is -0.715. The molecule has 0 spiro atoms. The van der Waals surface area contributed by atoms with Gasteiger partial charge in [0, 0.05) is 17.6 Å². The molecule has 0 radical (unpaired) electrons. The number of benzene rings is 2. The second-order valence-corrected chi connectivity index (χ2v) is 11.2. The van der Waals surface area contributed by atoms with Gasteiger partial charge in [0.1, 0.15) is 12.6 Å². The van der Waals surface area contributed by atoms with Crippen LogP contribution < -0.4 is 9.62 Å². The summed E-state index contributed by atoms with van der Waals surface area (Å²) in [6, 6.07) is 12.0. The summed E-state index contributed by atoms with van der Waals surface area (Å²) < 4.78 is 27.2. The zero-order chi connectivity index (χ0) is 25.5. The number of hydrogen-bond acceptors (Lipinski definition) is 4. The molecule has 0 aliphatic heterocycles. The Labute approximate surface area is 211 Å². The molecule has 1 N–H and O–H groups in total. The first-order valence-corrected chi connectivity index (χ1v) is 13.9. The molecule has 34 heavy (non-hydrogen) atoms. The van der Waals surface area contributed by atoms with Gasteiger partial charge in [-0.05, 0) is 62.1 Å². The number of halogens is 1. The topological polar surface area (TPSA) is 86.8 Å². The van der Waals surface area contributed by atoms with Gasteiger partial charge in [-0.1, -0.05) is 53.5 Å². The second-order valence-electron chi connectivity index (χ2n) is 8.47. The first-order valence-electron chi connectivity index (χ1n) is 11.3. The molecule has 1 atom stereocenters.